The van der Waals surface area contributed by atoms with E-state index in [9.17, 15) is 24.5 Å². The van der Waals surface area contributed by atoms with Crippen molar-refractivity contribution in [1.29, 1.82) is 0 Å². The predicted octanol–water partition coefficient (Wildman–Crippen LogP) is 4.58. The highest BCUT2D eigenvalue weighted by atomic mass is 16.6. The number of hydrogen-bond donors (Lipinski definition) is 1. The molecule has 0 aliphatic carbocycles. The summed E-state index contributed by atoms with van der Waals surface area (Å²) in [6.07, 6.45) is 2.00. The van der Waals surface area contributed by atoms with Gasteiger partial charge in [0.25, 0.3) is 0 Å². The van der Waals surface area contributed by atoms with Gasteiger partial charge in [-0.2, -0.15) is 0 Å². The van der Waals surface area contributed by atoms with Crippen LogP contribution in [0, 0.1) is 10.1 Å². The van der Waals surface area contributed by atoms with Crippen molar-refractivity contribution >= 4 is 23.5 Å². The number of alkyl carbamates (subject to hydrolysis) is 1. The van der Waals surface area contributed by atoms with E-state index in [-0.39, 0.29) is 30.1 Å². The fourth-order valence-electron chi connectivity index (χ4n) is 2.80. The highest BCUT2D eigenvalue weighted by molar-refractivity contribution is 5.97. The van der Waals surface area contributed by atoms with Gasteiger partial charge in [0, 0.05) is 18.1 Å². The summed E-state index contributed by atoms with van der Waals surface area (Å²) in [6.45, 7) is 3.40. The number of carbonyl (C=O) groups is 3. The topological polar surface area (TPSA) is 125 Å². The van der Waals surface area contributed by atoms with Crippen molar-refractivity contribution in [3.05, 3.63) is 69.8 Å². The van der Waals surface area contributed by atoms with E-state index in [2.05, 4.69) is 5.32 Å². The molecule has 1 atom stereocenters. The molecule has 0 saturated heterocycles. The molecule has 0 unspecified atom stereocenters. The minimum atomic E-state index is -1.12. The van der Waals surface area contributed by atoms with Crippen LogP contribution in [0.4, 0.5) is 10.5 Å². The number of Topliss-reactive ketones (excluding diaryl/α,β-unsaturated/α-hetero) is 1. The molecule has 32 heavy (non-hydrogen) atoms. The van der Waals surface area contributed by atoms with Crippen LogP contribution in [0.3, 0.4) is 0 Å². The minimum Gasteiger partial charge on any atom is -0.445 e. The van der Waals surface area contributed by atoms with Gasteiger partial charge >= 0.3 is 17.7 Å². The molecule has 0 bridgehead atoms. The van der Waals surface area contributed by atoms with Gasteiger partial charge in [-0.15, -0.1) is 0 Å². The zero-order valence-electron chi connectivity index (χ0n) is 18.0. The molecule has 0 aliphatic rings. The fraction of sp³-hybridized carbons (Fsp3) is 0.348. The SMILES string of the molecule is CCCCCC(=O)c1ccc(OC(=O)[C@H](C)NC(=O)OCc2ccccc2)c([N+](=O)[O-])c1. The van der Waals surface area contributed by atoms with E-state index in [4.69, 9.17) is 9.47 Å². The van der Waals surface area contributed by atoms with E-state index < -0.39 is 28.7 Å². The zero-order chi connectivity index (χ0) is 23.5. The number of esters is 1. The standard InChI is InChI=1S/C23H26N2O7/c1-3-4-6-11-20(26)18-12-13-21(19(14-18)25(29)30)32-22(27)16(2)24-23(28)31-15-17-9-7-5-8-10-17/h5,7-10,12-14,16H,3-4,6,11,15H2,1-2H3,(H,24,28)/t16-/m0/s1. The third-order valence-electron chi connectivity index (χ3n) is 4.60. The molecule has 0 aliphatic heterocycles. The lowest BCUT2D eigenvalue weighted by Crippen LogP contribution is -2.41. The Balaban J connectivity index is 1.97. The number of ketones is 1. The van der Waals surface area contributed by atoms with Crippen molar-refractivity contribution < 1.29 is 28.8 Å². The number of amides is 1. The molecule has 0 heterocycles. The first-order valence-electron chi connectivity index (χ1n) is 10.3. The Morgan fingerprint density at radius 3 is 2.47 bits per heavy atom. The summed E-state index contributed by atoms with van der Waals surface area (Å²) in [6, 6.07) is 11.6. The Kier molecular flexibility index (Phi) is 9.34. The molecule has 2 rings (SSSR count). The van der Waals surface area contributed by atoms with E-state index in [0.717, 1.165) is 24.5 Å². The van der Waals surface area contributed by atoms with Crippen LogP contribution < -0.4 is 10.1 Å². The van der Waals surface area contributed by atoms with Crippen LogP contribution in [0.1, 0.15) is 55.5 Å². The number of nitrogens with zero attached hydrogens (tertiary/aromatic N) is 1. The van der Waals surface area contributed by atoms with Crippen molar-refractivity contribution in [1.82, 2.24) is 5.32 Å². The normalized spacial score (nSPS) is 11.3. The second-order valence-electron chi connectivity index (χ2n) is 7.17. The van der Waals surface area contributed by atoms with E-state index in [1.807, 2.05) is 13.0 Å². The van der Waals surface area contributed by atoms with Crippen LogP contribution in [0.25, 0.3) is 0 Å². The lowest BCUT2D eigenvalue weighted by Gasteiger charge is -2.14. The molecule has 2 aromatic rings. The summed E-state index contributed by atoms with van der Waals surface area (Å²) in [5, 5.41) is 13.7. The Morgan fingerprint density at radius 1 is 1.09 bits per heavy atom. The number of carbonyl (C=O) groups excluding carboxylic acids is 3. The molecule has 1 amide bonds. The van der Waals surface area contributed by atoms with Crippen LogP contribution in [0.5, 0.6) is 5.75 Å². The van der Waals surface area contributed by atoms with E-state index in [0.29, 0.717) is 6.42 Å². The van der Waals surface area contributed by atoms with Crippen LogP contribution in [0.15, 0.2) is 48.5 Å². The van der Waals surface area contributed by atoms with Crippen molar-refractivity contribution in [3.8, 4) is 5.75 Å². The highest BCUT2D eigenvalue weighted by Gasteiger charge is 2.24. The van der Waals surface area contributed by atoms with Crippen LogP contribution in [-0.2, 0) is 16.1 Å². The predicted molar refractivity (Wildman–Crippen MR) is 116 cm³/mol. The summed E-state index contributed by atoms with van der Waals surface area (Å²) in [4.78, 5) is 47.1. The smallest absolute Gasteiger partial charge is 0.408 e. The van der Waals surface area contributed by atoms with Gasteiger partial charge in [0.05, 0.1) is 4.92 Å². The minimum absolute atomic E-state index is 0.0215. The third-order valence-corrected chi connectivity index (χ3v) is 4.60. The molecule has 0 saturated carbocycles. The van der Waals surface area contributed by atoms with Crippen molar-refractivity contribution in [2.45, 2.75) is 52.2 Å². The first-order valence-corrected chi connectivity index (χ1v) is 10.3. The first-order chi connectivity index (χ1) is 15.3. The Bertz CT molecular complexity index is 960. The van der Waals surface area contributed by atoms with Crippen LogP contribution in [-0.4, -0.2) is 28.8 Å². The number of nitrogens with one attached hydrogen (secondary N) is 1. The quantitative estimate of drug-likeness (QED) is 0.135. The lowest BCUT2D eigenvalue weighted by atomic mass is 10.0. The Morgan fingerprint density at radius 2 is 1.81 bits per heavy atom. The van der Waals surface area contributed by atoms with Gasteiger partial charge in [0.15, 0.2) is 5.78 Å². The van der Waals surface area contributed by atoms with Crippen LogP contribution >= 0.6 is 0 Å². The van der Waals surface area contributed by atoms with Crippen molar-refractivity contribution in [2.24, 2.45) is 0 Å². The van der Waals surface area contributed by atoms with Crippen molar-refractivity contribution in [3.63, 3.8) is 0 Å². The monoisotopic (exact) mass is 442 g/mol. The van der Waals surface area contributed by atoms with Gasteiger partial charge in [0.1, 0.15) is 12.6 Å². The van der Waals surface area contributed by atoms with Gasteiger partial charge in [-0.3, -0.25) is 14.9 Å². The molecule has 0 aromatic heterocycles. The molecule has 0 fully saturated rings. The van der Waals surface area contributed by atoms with Crippen molar-refractivity contribution in [2.75, 3.05) is 0 Å². The number of rotatable bonds is 11. The van der Waals surface area contributed by atoms with E-state index in [1.165, 1.54) is 19.1 Å². The fourth-order valence-corrected chi connectivity index (χ4v) is 2.80. The first kappa shape index (κ1) is 24.5. The van der Waals surface area contributed by atoms with Crippen LogP contribution in [0.2, 0.25) is 0 Å². The summed E-state index contributed by atoms with van der Waals surface area (Å²) >= 11 is 0. The van der Waals surface area contributed by atoms with Gasteiger partial charge in [-0.1, -0.05) is 50.1 Å². The zero-order valence-corrected chi connectivity index (χ0v) is 18.0. The largest absolute Gasteiger partial charge is 0.445 e. The molecule has 2 aromatic carbocycles. The molecule has 0 radical (unpaired) electrons. The highest BCUT2D eigenvalue weighted by Crippen LogP contribution is 2.29. The summed E-state index contributed by atoms with van der Waals surface area (Å²) in [5.74, 6) is -1.43. The average molecular weight is 442 g/mol. The molecular weight excluding hydrogens is 416 g/mol. The molecule has 0 spiro atoms. The summed E-state index contributed by atoms with van der Waals surface area (Å²) < 4.78 is 10.1. The maximum atomic E-state index is 12.3. The van der Waals surface area contributed by atoms with E-state index >= 15 is 0 Å². The number of ether oxygens (including phenoxy) is 2. The molecule has 9 heteroatoms. The maximum Gasteiger partial charge on any atom is 0.408 e. The molecule has 170 valence electrons. The third kappa shape index (κ3) is 7.50. The second kappa shape index (κ2) is 12.2. The van der Waals surface area contributed by atoms with Gasteiger partial charge in [-0.05, 0) is 31.0 Å². The Labute approximate surface area is 185 Å². The molecule has 9 nitrogen and oxygen atoms in total. The number of nitro groups is 1. The summed E-state index contributed by atoms with van der Waals surface area (Å²) in [7, 11) is 0. The lowest BCUT2D eigenvalue weighted by molar-refractivity contribution is -0.385. The van der Waals surface area contributed by atoms with Gasteiger partial charge < -0.3 is 14.8 Å². The number of unbranched alkanes of at least 4 members (excludes halogenated alkanes) is 2. The molecule has 1 N–H and O–H groups in total. The second-order valence-corrected chi connectivity index (χ2v) is 7.17. The number of hydrogen-bond acceptors (Lipinski definition) is 7. The maximum absolute atomic E-state index is 12.3. The molecular formula is C23H26N2O7. The van der Waals surface area contributed by atoms with E-state index in [1.54, 1.807) is 24.3 Å². The van der Waals surface area contributed by atoms with Gasteiger partial charge in [0.2, 0.25) is 5.75 Å². The average Bonchev–Trinajstić information content (AvgIpc) is 2.78. The van der Waals surface area contributed by atoms with Gasteiger partial charge in [-0.25, -0.2) is 9.59 Å². The Hall–Kier alpha value is -3.75. The number of benzene rings is 2. The number of nitro benzene ring substituents is 1. The summed E-state index contributed by atoms with van der Waals surface area (Å²) in [5.41, 5.74) is 0.458.